The van der Waals surface area contributed by atoms with Crippen LogP contribution < -0.4 is 15.6 Å². The average molecular weight is 391 g/mol. The van der Waals surface area contributed by atoms with Gasteiger partial charge in [-0.1, -0.05) is 23.2 Å². The Balaban J connectivity index is 1.69. The minimum atomic E-state index is -0.215. The van der Waals surface area contributed by atoms with Gasteiger partial charge >= 0.3 is 0 Å². The van der Waals surface area contributed by atoms with Crippen LogP contribution in [0.2, 0.25) is 10.0 Å². The number of nitrogens with zero attached hydrogens (tertiary/aromatic N) is 2. The Bertz CT molecular complexity index is 940. The first-order valence-electron chi connectivity index (χ1n) is 8.43. The number of primary amides is 1. The highest BCUT2D eigenvalue weighted by atomic mass is 35.5. The fourth-order valence-corrected chi connectivity index (χ4v) is 3.72. The van der Waals surface area contributed by atoms with Crippen LogP contribution in [0.5, 0.6) is 0 Å². The molecule has 0 unspecified atom stereocenters. The maximum absolute atomic E-state index is 11.4. The number of halogens is 2. The van der Waals surface area contributed by atoms with Crippen LogP contribution >= 0.6 is 23.2 Å². The van der Waals surface area contributed by atoms with E-state index in [1.807, 2.05) is 18.3 Å². The van der Waals surface area contributed by atoms with E-state index in [2.05, 4.69) is 19.9 Å². The molecular formula is C18H18Cl2N5O+. The van der Waals surface area contributed by atoms with Crippen LogP contribution in [-0.4, -0.2) is 29.0 Å². The van der Waals surface area contributed by atoms with Gasteiger partial charge in [0.1, 0.15) is 11.4 Å². The molecular weight excluding hydrogens is 373 g/mol. The molecule has 0 aliphatic carbocycles. The zero-order valence-corrected chi connectivity index (χ0v) is 15.4. The van der Waals surface area contributed by atoms with Gasteiger partial charge in [-0.25, -0.2) is 9.97 Å². The third kappa shape index (κ3) is 3.10. The lowest BCUT2D eigenvalue weighted by atomic mass is 9.96. The zero-order valence-electron chi connectivity index (χ0n) is 13.9. The number of amides is 1. The molecule has 1 aromatic carbocycles. The van der Waals surface area contributed by atoms with E-state index in [0.717, 1.165) is 54.2 Å². The second-order valence-electron chi connectivity index (χ2n) is 6.46. The number of nitrogens with two attached hydrogens (primary N) is 1. The molecule has 1 amide bonds. The van der Waals surface area contributed by atoms with Crippen molar-refractivity contribution in [1.29, 1.82) is 0 Å². The summed E-state index contributed by atoms with van der Waals surface area (Å²) in [6, 6.07) is 7.47. The number of hydrogen-bond donors (Lipinski definition) is 2. The number of carbonyl (C=O) groups is 1. The summed E-state index contributed by atoms with van der Waals surface area (Å²) < 4.78 is 0. The number of pyridine rings is 1. The number of carbonyl (C=O) groups excluding carboxylic acids is 1. The van der Waals surface area contributed by atoms with E-state index in [1.165, 1.54) is 0 Å². The first-order chi connectivity index (χ1) is 12.5. The van der Waals surface area contributed by atoms with Crippen LogP contribution in [-0.2, 0) is 4.79 Å². The highest BCUT2D eigenvalue weighted by molar-refractivity contribution is 6.42. The molecule has 8 heteroatoms. The standard InChI is InChI=1S/C18H17Cl2N5O/c19-12-8-14-15(9-13(12)20)24-17(23-14)11-2-1-5-22-18(11)25-6-3-10(4-7-25)16(21)26/h1-2,5,8-10H,3-4,6-7H2,(H2,21,26)(H,23,24)/p+1. The van der Waals surface area contributed by atoms with Crippen molar-refractivity contribution < 1.29 is 9.78 Å². The van der Waals surface area contributed by atoms with Gasteiger partial charge in [0.2, 0.25) is 5.91 Å². The quantitative estimate of drug-likeness (QED) is 0.719. The van der Waals surface area contributed by atoms with Crippen LogP contribution in [0.15, 0.2) is 30.5 Å². The fourth-order valence-electron chi connectivity index (χ4n) is 3.40. The predicted octanol–water partition coefficient (Wildman–Crippen LogP) is 3.05. The Morgan fingerprint density at radius 1 is 1.27 bits per heavy atom. The lowest BCUT2D eigenvalue weighted by molar-refractivity contribution is -0.363. The van der Waals surface area contributed by atoms with Crippen molar-refractivity contribution in [3.63, 3.8) is 0 Å². The van der Waals surface area contributed by atoms with Crippen molar-refractivity contribution in [2.75, 3.05) is 18.0 Å². The number of anilines is 1. The molecule has 26 heavy (non-hydrogen) atoms. The predicted molar refractivity (Wildman–Crippen MR) is 102 cm³/mol. The van der Waals surface area contributed by atoms with Gasteiger partial charge in [-0.3, -0.25) is 9.69 Å². The number of aromatic nitrogens is 3. The fraction of sp³-hybridized carbons (Fsp3) is 0.278. The van der Waals surface area contributed by atoms with Gasteiger partial charge in [-0.05, 0) is 37.1 Å². The SMILES string of the molecule is NC(=O)C1CCN(c2[nH+]cccc2-c2nc3cc(Cl)c(Cl)cc3[nH]2)CC1. The van der Waals surface area contributed by atoms with Crippen LogP contribution in [0.1, 0.15) is 12.8 Å². The average Bonchev–Trinajstić information content (AvgIpc) is 3.05. The summed E-state index contributed by atoms with van der Waals surface area (Å²) in [6.07, 6.45) is 3.39. The third-order valence-electron chi connectivity index (χ3n) is 4.83. The largest absolute Gasteiger partial charge is 0.369 e. The first kappa shape index (κ1) is 17.1. The molecule has 1 saturated heterocycles. The lowest BCUT2D eigenvalue weighted by Crippen LogP contribution is -2.41. The van der Waals surface area contributed by atoms with E-state index >= 15 is 0 Å². The second-order valence-corrected chi connectivity index (χ2v) is 7.28. The number of piperidine rings is 1. The van der Waals surface area contributed by atoms with Crippen molar-refractivity contribution >= 4 is 46.0 Å². The highest BCUT2D eigenvalue weighted by Crippen LogP contribution is 2.32. The van der Waals surface area contributed by atoms with Gasteiger partial charge in [-0.2, -0.15) is 0 Å². The van der Waals surface area contributed by atoms with Crippen molar-refractivity contribution in [1.82, 2.24) is 9.97 Å². The van der Waals surface area contributed by atoms with E-state index in [9.17, 15) is 4.79 Å². The van der Waals surface area contributed by atoms with Crippen LogP contribution in [0, 0.1) is 5.92 Å². The Labute approximate surface area is 160 Å². The molecule has 0 radical (unpaired) electrons. The van der Waals surface area contributed by atoms with E-state index in [4.69, 9.17) is 28.9 Å². The van der Waals surface area contributed by atoms with Crippen molar-refractivity contribution in [2.45, 2.75) is 12.8 Å². The number of rotatable bonds is 3. The maximum atomic E-state index is 11.4. The maximum Gasteiger partial charge on any atom is 0.285 e. The molecule has 0 saturated carbocycles. The molecule has 4 N–H and O–H groups in total. The summed E-state index contributed by atoms with van der Waals surface area (Å²) in [5.74, 6) is 1.44. The Kier molecular flexibility index (Phi) is 4.46. The summed E-state index contributed by atoms with van der Waals surface area (Å²) in [6.45, 7) is 1.53. The molecule has 1 aliphatic heterocycles. The van der Waals surface area contributed by atoms with Gasteiger partial charge in [-0.15, -0.1) is 0 Å². The van der Waals surface area contributed by atoms with Gasteiger partial charge in [0, 0.05) is 5.92 Å². The molecule has 3 heterocycles. The number of fused-ring (bicyclic) bond motifs is 1. The van der Waals surface area contributed by atoms with Gasteiger partial charge in [0.05, 0.1) is 40.4 Å². The smallest absolute Gasteiger partial charge is 0.285 e. The Morgan fingerprint density at radius 2 is 2.00 bits per heavy atom. The minimum absolute atomic E-state index is 0.0473. The van der Waals surface area contributed by atoms with Crippen molar-refractivity contribution in [3.05, 3.63) is 40.5 Å². The molecule has 2 aromatic heterocycles. The summed E-state index contributed by atoms with van der Waals surface area (Å²) in [7, 11) is 0. The Hall–Kier alpha value is -2.31. The normalized spacial score (nSPS) is 15.5. The number of imidazole rings is 1. The first-order valence-corrected chi connectivity index (χ1v) is 9.18. The summed E-state index contributed by atoms with van der Waals surface area (Å²) >= 11 is 12.2. The molecule has 134 valence electrons. The zero-order chi connectivity index (χ0) is 18.3. The van der Waals surface area contributed by atoms with Gasteiger partial charge < -0.3 is 10.7 Å². The Morgan fingerprint density at radius 3 is 2.73 bits per heavy atom. The summed E-state index contributed by atoms with van der Waals surface area (Å²) in [5.41, 5.74) is 7.98. The van der Waals surface area contributed by atoms with Crippen LogP contribution in [0.3, 0.4) is 0 Å². The second kappa shape index (κ2) is 6.78. The van der Waals surface area contributed by atoms with Crippen molar-refractivity contribution in [3.8, 4) is 11.4 Å². The van der Waals surface area contributed by atoms with E-state index in [0.29, 0.717) is 10.0 Å². The summed E-state index contributed by atoms with van der Waals surface area (Å²) in [5, 5.41) is 0.966. The summed E-state index contributed by atoms with van der Waals surface area (Å²) in [4.78, 5) is 24.9. The van der Waals surface area contributed by atoms with E-state index in [-0.39, 0.29) is 11.8 Å². The minimum Gasteiger partial charge on any atom is -0.369 e. The molecule has 6 nitrogen and oxygen atoms in total. The molecule has 0 bridgehead atoms. The number of nitrogens with one attached hydrogen (secondary N) is 2. The molecule has 1 aliphatic rings. The van der Waals surface area contributed by atoms with E-state index < -0.39 is 0 Å². The lowest BCUT2D eigenvalue weighted by Gasteiger charge is -2.26. The van der Waals surface area contributed by atoms with Gasteiger partial charge in [0.25, 0.3) is 5.82 Å². The number of aromatic amines is 2. The van der Waals surface area contributed by atoms with E-state index in [1.54, 1.807) is 12.1 Å². The molecule has 0 spiro atoms. The molecule has 1 fully saturated rings. The number of H-pyrrole nitrogens is 2. The highest BCUT2D eigenvalue weighted by Gasteiger charge is 2.30. The topological polar surface area (TPSA) is 89.2 Å². The molecule has 0 atom stereocenters. The van der Waals surface area contributed by atoms with Gasteiger partial charge in [0.15, 0.2) is 0 Å². The van der Waals surface area contributed by atoms with Crippen LogP contribution in [0.25, 0.3) is 22.4 Å². The number of hydrogen-bond acceptors (Lipinski definition) is 3. The van der Waals surface area contributed by atoms with Crippen molar-refractivity contribution in [2.24, 2.45) is 11.7 Å². The molecule has 4 rings (SSSR count). The van der Waals surface area contributed by atoms with Crippen LogP contribution in [0.4, 0.5) is 5.82 Å². The number of benzene rings is 1. The monoisotopic (exact) mass is 390 g/mol. The molecule has 3 aromatic rings. The third-order valence-corrected chi connectivity index (χ3v) is 5.55.